The van der Waals surface area contributed by atoms with E-state index in [-0.39, 0.29) is 0 Å². The van der Waals surface area contributed by atoms with Crippen molar-refractivity contribution in [2.75, 3.05) is 0 Å². The lowest BCUT2D eigenvalue weighted by molar-refractivity contribution is 1.29. The van der Waals surface area contributed by atoms with Crippen molar-refractivity contribution >= 4 is 6.08 Å². The van der Waals surface area contributed by atoms with Gasteiger partial charge in [0, 0.05) is 0 Å². The predicted molar refractivity (Wildman–Crippen MR) is 74.1 cm³/mol. The van der Waals surface area contributed by atoms with Crippen LogP contribution in [-0.2, 0) is 6.42 Å². The lowest BCUT2D eigenvalue weighted by Gasteiger charge is -2.14. The van der Waals surface area contributed by atoms with E-state index >= 15 is 0 Å². The molecular formula is C17H16. The monoisotopic (exact) mass is 220 g/mol. The van der Waals surface area contributed by atoms with Crippen LogP contribution in [0.4, 0.5) is 0 Å². The molecule has 0 N–H and O–H groups in total. The summed E-state index contributed by atoms with van der Waals surface area (Å²) >= 11 is 0. The summed E-state index contributed by atoms with van der Waals surface area (Å²) < 4.78 is 0. The fourth-order valence-corrected chi connectivity index (χ4v) is 2.65. The molecule has 0 heterocycles. The van der Waals surface area contributed by atoms with E-state index in [1.807, 2.05) is 0 Å². The third kappa shape index (κ3) is 1.61. The Morgan fingerprint density at radius 1 is 0.882 bits per heavy atom. The van der Waals surface area contributed by atoms with E-state index in [1.165, 1.54) is 33.4 Å². The van der Waals surface area contributed by atoms with Crippen LogP contribution in [-0.4, -0.2) is 0 Å². The number of aryl methyl sites for hydroxylation is 2. The normalized spacial score (nSPS) is 12.8. The van der Waals surface area contributed by atoms with Crippen LogP contribution in [0.25, 0.3) is 17.2 Å². The molecule has 0 amide bonds. The zero-order valence-corrected chi connectivity index (χ0v) is 10.3. The molecule has 3 rings (SSSR count). The van der Waals surface area contributed by atoms with Crippen molar-refractivity contribution in [2.24, 2.45) is 0 Å². The highest BCUT2D eigenvalue weighted by molar-refractivity contribution is 5.83. The Morgan fingerprint density at radius 2 is 1.71 bits per heavy atom. The van der Waals surface area contributed by atoms with E-state index in [2.05, 4.69) is 62.4 Å². The number of hydrogen-bond acceptors (Lipinski definition) is 0. The Balaban J connectivity index is 2.32. The Kier molecular flexibility index (Phi) is 2.36. The van der Waals surface area contributed by atoms with Gasteiger partial charge in [0.25, 0.3) is 0 Å². The van der Waals surface area contributed by atoms with Gasteiger partial charge in [-0.3, -0.25) is 0 Å². The van der Waals surface area contributed by atoms with Gasteiger partial charge in [-0.25, -0.2) is 0 Å². The van der Waals surface area contributed by atoms with E-state index in [0.717, 1.165) is 6.42 Å². The van der Waals surface area contributed by atoms with Crippen LogP contribution in [0.2, 0.25) is 0 Å². The number of benzene rings is 2. The van der Waals surface area contributed by atoms with Gasteiger partial charge in [-0.2, -0.15) is 0 Å². The highest BCUT2D eigenvalue weighted by Crippen LogP contribution is 2.35. The minimum absolute atomic E-state index is 1.08. The van der Waals surface area contributed by atoms with Gasteiger partial charge in [0.2, 0.25) is 0 Å². The highest BCUT2D eigenvalue weighted by atomic mass is 14.2. The molecule has 0 atom stereocenters. The lowest BCUT2D eigenvalue weighted by atomic mass is 9.90. The highest BCUT2D eigenvalue weighted by Gasteiger charge is 2.14. The third-order valence-electron chi connectivity index (χ3n) is 3.58. The molecule has 17 heavy (non-hydrogen) atoms. The molecule has 0 aromatic heterocycles. The summed E-state index contributed by atoms with van der Waals surface area (Å²) in [4.78, 5) is 0. The molecule has 2 aromatic rings. The van der Waals surface area contributed by atoms with Gasteiger partial charge in [0.15, 0.2) is 0 Å². The Labute approximate surface area is 103 Å². The maximum atomic E-state index is 2.27. The lowest BCUT2D eigenvalue weighted by Crippen LogP contribution is -1.93. The van der Waals surface area contributed by atoms with Gasteiger partial charge < -0.3 is 0 Å². The molecule has 2 aromatic carbocycles. The molecule has 0 saturated carbocycles. The molecule has 0 fully saturated rings. The molecule has 1 aliphatic carbocycles. The molecule has 0 heteroatoms. The first kappa shape index (κ1) is 10.3. The fourth-order valence-electron chi connectivity index (χ4n) is 2.65. The van der Waals surface area contributed by atoms with Crippen LogP contribution in [0.15, 0.2) is 42.5 Å². The summed E-state index contributed by atoms with van der Waals surface area (Å²) in [5, 5.41) is 0. The number of rotatable bonds is 1. The second-order valence-electron chi connectivity index (χ2n) is 4.75. The van der Waals surface area contributed by atoms with E-state index in [0.29, 0.717) is 0 Å². The summed E-state index contributed by atoms with van der Waals surface area (Å²) in [5.74, 6) is 0. The standard InChI is InChI=1S/C17H16/c1-12-6-3-4-8-15(12)17-13(2)10-11-14-7-5-9-16(14)17/h3-6,8-11H,7H2,1-2H3. The molecule has 0 radical (unpaired) electrons. The van der Waals surface area contributed by atoms with Crippen LogP contribution in [0, 0.1) is 13.8 Å². The van der Waals surface area contributed by atoms with Crippen LogP contribution in [0.3, 0.4) is 0 Å². The molecule has 0 unspecified atom stereocenters. The van der Waals surface area contributed by atoms with Crippen molar-refractivity contribution in [1.29, 1.82) is 0 Å². The van der Waals surface area contributed by atoms with E-state index in [9.17, 15) is 0 Å². The van der Waals surface area contributed by atoms with Crippen LogP contribution < -0.4 is 0 Å². The zero-order chi connectivity index (χ0) is 11.8. The Morgan fingerprint density at radius 3 is 2.53 bits per heavy atom. The molecule has 84 valence electrons. The largest absolute Gasteiger partial charge is 0.0795 e. The number of fused-ring (bicyclic) bond motifs is 1. The molecular weight excluding hydrogens is 204 g/mol. The summed E-state index contributed by atoms with van der Waals surface area (Å²) in [6.07, 6.45) is 5.60. The number of hydrogen-bond donors (Lipinski definition) is 0. The number of allylic oxidation sites excluding steroid dienone is 1. The third-order valence-corrected chi connectivity index (χ3v) is 3.58. The first-order valence-corrected chi connectivity index (χ1v) is 6.12. The van der Waals surface area contributed by atoms with Gasteiger partial charge in [-0.1, -0.05) is 48.6 Å². The maximum Gasteiger partial charge on any atom is -0.00767 e. The van der Waals surface area contributed by atoms with E-state index < -0.39 is 0 Å². The molecule has 0 spiro atoms. The van der Waals surface area contributed by atoms with Gasteiger partial charge >= 0.3 is 0 Å². The van der Waals surface area contributed by atoms with Crippen molar-refractivity contribution < 1.29 is 0 Å². The van der Waals surface area contributed by atoms with E-state index in [1.54, 1.807) is 0 Å². The van der Waals surface area contributed by atoms with Crippen LogP contribution in [0.1, 0.15) is 22.3 Å². The van der Waals surface area contributed by atoms with Crippen molar-refractivity contribution in [3.05, 3.63) is 64.7 Å². The van der Waals surface area contributed by atoms with Crippen LogP contribution >= 0.6 is 0 Å². The quantitative estimate of drug-likeness (QED) is 0.662. The molecule has 0 aliphatic heterocycles. The van der Waals surface area contributed by atoms with Crippen molar-refractivity contribution in [3.8, 4) is 11.1 Å². The molecule has 0 bridgehead atoms. The Hall–Kier alpha value is -1.82. The van der Waals surface area contributed by atoms with E-state index in [4.69, 9.17) is 0 Å². The molecule has 1 aliphatic rings. The minimum atomic E-state index is 1.08. The predicted octanol–water partition coefficient (Wildman–Crippen LogP) is 4.54. The first-order valence-electron chi connectivity index (χ1n) is 6.12. The van der Waals surface area contributed by atoms with Crippen molar-refractivity contribution in [2.45, 2.75) is 20.3 Å². The molecule has 0 saturated heterocycles. The average molecular weight is 220 g/mol. The summed E-state index contributed by atoms with van der Waals surface area (Å²) in [7, 11) is 0. The second kappa shape index (κ2) is 3.89. The second-order valence-corrected chi connectivity index (χ2v) is 4.75. The first-order chi connectivity index (χ1) is 8.27. The van der Waals surface area contributed by atoms with Gasteiger partial charge in [-0.15, -0.1) is 0 Å². The summed E-state index contributed by atoms with van der Waals surface area (Å²) in [6.45, 7) is 4.39. The summed E-state index contributed by atoms with van der Waals surface area (Å²) in [5.41, 5.74) is 8.37. The Bertz CT molecular complexity index is 603. The SMILES string of the molecule is Cc1ccccc1-c1c(C)ccc2c1C=CC2. The smallest absolute Gasteiger partial charge is 0.00767 e. The topological polar surface area (TPSA) is 0 Å². The van der Waals surface area contributed by atoms with Crippen LogP contribution in [0.5, 0.6) is 0 Å². The van der Waals surface area contributed by atoms with Gasteiger partial charge in [-0.05, 0) is 53.6 Å². The molecule has 0 nitrogen and oxygen atoms in total. The maximum absolute atomic E-state index is 2.27. The van der Waals surface area contributed by atoms with Gasteiger partial charge in [0.05, 0.1) is 0 Å². The fraction of sp³-hybridized carbons (Fsp3) is 0.176. The zero-order valence-electron chi connectivity index (χ0n) is 10.3. The van der Waals surface area contributed by atoms with Gasteiger partial charge in [0.1, 0.15) is 0 Å². The minimum Gasteiger partial charge on any atom is -0.0795 e. The summed E-state index contributed by atoms with van der Waals surface area (Å²) in [6, 6.07) is 13.1. The van der Waals surface area contributed by atoms with Crippen molar-refractivity contribution in [1.82, 2.24) is 0 Å². The average Bonchev–Trinajstić information content (AvgIpc) is 2.79. The van der Waals surface area contributed by atoms with Crippen molar-refractivity contribution in [3.63, 3.8) is 0 Å².